The second kappa shape index (κ2) is 13.7. The van der Waals surface area contributed by atoms with Gasteiger partial charge in [0.1, 0.15) is 29.5 Å². The lowest BCUT2D eigenvalue weighted by Gasteiger charge is -2.40. The van der Waals surface area contributed by atoms with Crippen molar-refractivity contribution < 1.29 is 47.5 Å². The first-order valence-electron chi connectivity index (χ1n) is 14.1. The smallest absolute Gasteiger partial charge is 0.318 e. The number of esters is 3. The largest absolute Gasteiger partial charge is 0.465 e. The molecule has 0 amide bonds. The lowest BCUT2D eigenvalue weighted by Crippen LogP contribution is -2.51. The molecule has 2 fully saturated rings. The van der Waals surface area contributed by atoms with E-state index in [-0.39, 0.29) is 46.2 Å². The molecule has 10 nitrogen and oxygen atoms in total. The van der Waals surface area contributed by atoms with Crippen LogP contribution in [0.15, 0.2) is 0 Å². The van der Waals surface area contributed by atoms with Crippen molar-refractivity contribution in [2.45, 2.75) is 105 Å². The molecular weight excluding hydrogens is 508 g/mol. The third-order valence-corrected chi connectivity index (χ3v) is 7.21. The van der Waals surface area contributed by atoms with Gasteiger partial charge in [-0.05, 0) is 54.9 Å². The van der Waals surface area contributed by atoms with Crippen LogP contribution in [-0.4, -0.2) is 75.7 Å². The van der Waals surface area contributed by atoms with Crippen LogP contribution in [0.2, 0.25) is 0 Å². The maximum Gasteiger partial charge on any atom is 0.318 e. The van der Waals surface area contributed by atoms with Crippen molar-refractivity contribution in [1.29, 1.82) is 0 Å². The molecule has 0 bridgehead atoms. The maximum absolute atomic E-state index is 13.2. The average molecular weight is 559 g/mol. The van der Waals surface area contributed by atoms with Crippen LogP contribution in [0, 0.1) is 16.2 Å². The lowest BCUT2D eigenvalue weighted by molar-refractivity contribution is -0.282. The summed E-state index contributed by atoms with van der Waals surface area (Å²) in [5.41, 5.74) is -3.48. The fraction of sp³-hybridized carbons (Fsp3) is 0.897. The van der Waals surface area contributed by atoms with Crippen LogP contribution in [0.3, 0.4) is 0 Å². The molecule has 0 aromatic heterocycles. The van der Waals surface area contributed by atoms with Gasteiger partial charge in [-0.15, -0.1) is 0 Å². The number of carbonyl (C=O) groups excluding carboxylic acids is 3. The van der Waals surface area contributed by atoms with Gasteiger partial charge in [0.15, 0.2) is 11.6 Å². The molecular formula is C29H50O10. The number of ether oxygens (including phenoxy) is 7. The van der Waals surface area contributed by atoms with Gasteiger partial charge >= 0.3 is 17.9 Å². The molecule has 2 heterocycles. The molecule has 2 rings (SSSR count). The van der Waals surface area contributed by atoms with E-state index in [0.717, 1.165) is 32.1 Å². The summed E-state index contributed by atoms with van der Waals surface area (Å²) in [7, 11) is 0. The predicted molar refractivity (Wildman–Crippen MR) is 143 cm³/mol. The van der Waals surface area contributed by atoms with E-state index in [1.165, 1.54) is 6.42 Å². The van der Waals surface area contributed by atoms with Crippen LogP contribution in [0.1, 0.15) is 93.9 Å². The first-order valence-corrected chi connectivity index (χ1v) is 14.1. The third-order valence-electron chi connectivity index (χ3n) is 7.21. The summed E-state index contributed by atoms with van der Waals surface area (Å²) in [5.74, 6) is -3.31. The molecule has 226 valence electrons. The quantitative estimate of drug-likeness (QED) is 0.171. The fourth-order valence-electron chi connectivity index (χ4n) is 3.91. The minimum absolute atomic E-state index is 0.113. The first-order chi connectivity index (χ1) is 18.1. The fourth-order valence-corrected chi connectivity index (χ4v) is 3.91. The molecule has 0 aromatic rings. The molecule has 0 aliphatic carbocycles. The molecule has 2 aliphatic rings. The Morgan fingerprint density at radius 1 is 0.641 bits per heavy atom. The van der Waals surface area contributed by atoms with Crippen LogP contribution < -0.4 is 0 Å². The monoisotopic (exact) mass is 558 g/mol. The molecule has 0 N–H and O–H groups in total. The Kier molecular flexibility index (Phi) is 11.8. The molecule has 0 atom stereocenters. The van der Waals surface area contributed by atoms with Gasteiger partial charge in [0, 0.05) is 0 Å². The number of carbonyl (C=O) groups is 3. The second-order valence-electron chi connectivity index (χ2n) is 12.7. The van der Waals surface area contributed by atoms with Crippen LogP contribution in [-0.2, 0) is 47.5 Å². The second-order valence-corrected chi connectivity index (χ2v) is 12.7. The minimum Gasteiger partial charge on any atom is -0.465 e. The maximum atomic E-state index is 13.2. The van der Waals surface area contributed by atoms with E-state index in [1.54, 1.807) is 48.5 Å². The highest BCUT2D eigenvalue weighted by Crippen LogP contribution is 2.33. The molecule has 39 heavy (non-hydrogen) atoms. The molecule has 0 spiro atoms. The summed E-state index contributed by atoms with van der Waals surface area (Å²) in [5, 5.41) is 0. The van der Waals surface area contributed by atoms with Crippen molar-refractivity contribution in [1.82, 2.24) is 0 Å². The van der Waals surface area contributed by atoms with Crippen molar-refractivity contribution in [2.75, 3.05) is 46.2 Å². The molecule has 0 aromatic carbocycles. The van der Waals surface area contributed by atoms with E-state index in [9.17, 15) is 14.4 Å². The zero-order chi connectivity index (χ0) is 29.4. The lowest BCUT2D eigenvalue weighted by atomic mass is 9.89. The van der Waals surface area contributed by atoms with E-state index in [2.05, 4.69) is 6.92 Å². The predicted octanol–water partition coefficient (Wildman–Crippen LogP) is 4.56. The summed E-state index contributed by atoms with van der Waals surface area (Å²) in [6, 6.07) is 0. The third kappa shape index (κ3) is 9.99. The Morgan fingerprint density at radius 3 is 1.44 bits per heavy atom. The summed E-state index contributed by atoms with van der Waals surface area (Å²) >= 11 is 0. The van der Waals surface area contributed by atoms with Crippen LogP contribution >= 0.6 is 0 Å². The number of hydrogen-bond donors (Lipinski definition) is 0. The topological polar surface area (TPSA) is 116 Å². The highest BCUT2D eigenvalue weighted by Gasteiger charge is 2.47. The molecule has 2 aliphatic heterocycles. The van der Waals surface area contributed by atoms with Gasteiger partial charge in [0.25, 0.3) is 0 Å². The highest BCUT2D eigenvalue weighted by molar-refractivity contribution is 5.81. The normalized spacial score (nSPS) is 21.5. The van der Waals surface area contributed by atoms with Crippen LogP contribution in [0.5, 0.6) is 0 Å². The molecule has 0 saturated carbocycles. The van der Waals surface area contributed by atoms with Crippen molar-refractivity contribution >= 4 is 17.9 Å². The molecule has 10 heteroatoms. The summed E-state index contributed by atoms with van der Waals surface area (Å²) < 4.78 is 39.3. The van der Waals surface area contributed by atoms with Crippen molar-refractivity contribution in [2.24, 2.45) is 16.2 Å². The Morgan fingerprint density at radius 2 is 1.03 bits per heavy atom. The van der Waals surface area contributed by atoms with Gasteiger partial charge in [0.2, 0.25) is 0 Å². The molecule has 0 unspecified atom stereocenters. The van der Waals surface area contributed by atoms with Gasteiger partial charge in [-0.25, -0.2) is 0 Å². The number of rotatable bonds is 14. The van der Waals surface area contributed by atoms with Crippen molar-refractivity contribution in [3.05, 3.63) is 0 Å². The Bertz CT molecular complexity index is 764. The van der Waals surface area contributed by atoms with Crippen molar-refractivity contribution in [3.8, 4) is 0 Å². The van der Waals surface area contributed by atoms with E-state index < -0.39 is 45.7 Å². The SMILES string of the molecule is CCCCCCCCOC(=O)C(C)(COC(=O)C1(C)COC(C)(C)OC1)COC(=O)C1(C)COC(C)(C)OC1. The van der Waals surface area contributed by atoms with Gasteiger partial charge in [-0.2, -0.15) is 0 Å². The Labute approximate surface area is 233 Å². The summed E-state index contributed by atoms with van der Waals surface area (Å²) in [6.45, 7) is 14.2. The summed E-state index contributed by atoms with van der Waals surface area (Å²) in [4.78, 5) is 39.2. The Balaban J connectivity index is 2.01. The van der Waals surface area contributed by atoms with E-state index >= 15 is 0 Å². The minimum atomic E-state index is -1.41. The standard InChI is InChI=1S/C29H50O10/c1-9-10-11-12-13-14-15-33-22(30)27(6,16-34-23(31)28(7)18-36-25(2,3)37-19-28)17-35-24(32)29(8)20-38-26(4,5)39-21-29/h9-21H2,1-8H3. The number of unbranched alkanes of at least 4 members (excludes halogenated alkanes) is 5. The zero-order valence-corrected chi connectivity index (χ0v) is 25.3. The first kappa shape index (κ1) is 33.5. The average Bonchev–Trinajstić information content (AvgIpc) is 2.89. The summed E-state index contributed by atoms with van der Waals surface area (Å²) in [6.07, 6.45) is 6.27. The van der Waals surface area contributed by atoms with Gasteiger partial charge in [-0.3, -0.25) is 14.4 Å². The van der Waals surface area contributed by atoms with E-state index in [4.69, 9.17) is 33.2 Å². The van der Waals surface area contributed by atoms with E-state index in [0.29, 0.717) is 0 Å². The molecule has 0 radical (unpaired) electrons. The van der Waals surface area contributed by atoms with Gasteiger partial charge < -0.3 is 33.2 Å². The highest BCUT2D eigenvalue weighted by atomic mass is 16.7. The Hall–Kier alpha value is -1.75. The van der Waals surface area contributed by atoms with Crippen LogP contribution in [0.25, 0.3) is 0 Å². The molecule has 2 saturated heterocycles. The van der Waals surface area contributed by atoms with Gasteiger partial charge in [-0.1, -0.05) is 39.0 Å². The van der Waals surface area contributed by atoms with Crippen LogP contribution in [0.4, 0.5) is 0 Å². The van der Waals surface area contributed by atoms with Gasteiger partial charge in [0.05, 0.1) is 33.0 Å². The van der Waals surface area contributed by atoms with E-state index in [1.807, 2.05) is 0 Å². The zero-order valence-electron chi connectivity index (χ0n) is 25.3. The number of hydrogen-bond acceptors (Lipinski definition) is 10. The van der Waals surface area contributed by atoms with Crippen molar-refractivity contribution in [3.63, 3.8) is 0 Å².